The van der Waals surface area contributed by atoms with Gasteiger partial charge < -0.3 is 4.74 Å². The number of rotatable bonds is 6. The normalized spacial score (nSPS) is 13.3. The minimum Gasteiger partial charge on any atom is -0.494 e. The molecule has 0 aromatic heterocycles. The highest BCUT2D eigenvalue weighted by Crippen LogP contribution is 2.20. The quantitative estimate of drug-likeness (QED) is 0.866. The third-order valence-corrected chi connectivity index (χ3v) is 4.10. The number of hydrogen-bond acceptors (Lipinski definition) is 3. The molecule has 0 heterocycles. The van der Waals surface area contributed by atoms with Crippen LogP contribution in [0.25, 0.3) is 0 Å². The van der Waals surface area contributed by atoms with E-state index >= 15 is 0 Å². The van der Waals surface area contributed by atoms with Crippen molar-refractivity contribution in [1.29, 1.82) is 0 Å². The van der Waals surface area contributed by atoms with Crippen LogP contribution in [-0.2, 0) is 10.0 Å². The predicted molar refractivity (Wildman–Crippen MR) is 67.6 cm³/mol. The van der Waals surface area contributed by atoms with Gasteiger partial charge in [0, 0.05) is 6.04 Å². The Labute approximate surface area is 107 Å². The predicted octanol–water partition coefficient (Wildman–Crippen LogP) is 2.30. The molecule has 0 saturated heterocycles. The molecule has 6 heteroatoms. The summed E-state index contributed by atoms with van der Waals surface area (Å²) in [5, 5.41) is 0. The molecule has 0 fully saturated rings. The Hall–Kier alpha value is -1.14. The molecular formula is C12H18FNO3S. The summed E-state index contributed by atoms with van der Waals surface area (Å²) in [4.78, 5) is -0.0937. The van der Waals surface area contributed by atoms with Crippen LogP contribution < -0.4 is 9.46 Å². The first kappa shape index (κ1) is 14.9. The Kier molecular flexibility index (Phi) is 5.10. The minimum absolute atomic E-state index is 0.0237. The minimum atomic E-state index is -3.67. The van der Waals surface area contributed by atoms with Crippen molar-refractivity contribution in [2.75, 3.05) is 7.11 Å². The third kappa shape index (κ3) is 3.68. The maximum absolute atomic E-state index is 13.4. The molecule has 4 nitrogen and oxygen atoms in total. The zero-order chi connectivity index (χ0) is 13.8. The van der Waals surface area contributed by atoms with Gasteiger partial charge in [0.25, 0.3) is 0 Å². The molecule has 1 aromatic carbocycles. The van der Waals surface area contributed by atoms with Gasteiger partial charge in [-0.05, 0) is 31.5 Å². The van der Waals surface area contributed by atoms with Gasteiger partial charge >= 0.3 is 0 Å². The van der Waals surface area contributed by atoms with Crippen molar-refractivity contribution in [1.82, 2.24) is 4.72 Å². The average Bonchev–Trinajstić information content (AvgIpc) is 2.28. The fourth-order valence-corrected chi connectivity index (χ4v) is 2.93. The van der Waals surface area contributed by atoms with E-state index in [1.165, 1.54) is 19.2 Å². The second kappa shape index (κ2) is 6.15. The van der Waals surface area contributed by atoms with Crippen molar-refractivity contribution in [3.05, 3.63) is 24.0 Å². The molecule has 0 aliphatic rings. The number of ether oxygens (including phenoxy) is 1. The van der Waals surface area contributed by atoms with Crippen LogP contribution in [0, 0.1) is 5.82 Å². The lowest BCUT2D eigenvalue weighted by Crippen LogP contribution is -2.32. The summed E-state index contributed by atoms with van der Waals surface area (Å²) in [6, 6.07) is 3.40. The van der Waals surface area contributed by atoms with Gasteiger partial charge in [0.15, 0.2) is 11.6 Å². The van der Waals surface area contributed by atoms with Gasteiger partial charge in [-0.1, -0.05) is 13.3 Å². The molecule has 1 rings (SSSR count). The maximum Gasteiger partial charge on any atom is 0.240 e. The summed E-state index contributed by atoms with van der Waals surface area (Å²) in [5.41, 5.74) is 0. The Balaban J connectivity index is 2.95. The van der Waals surface area contributed by atoms with Crippen LogP contribution in [0.15, 0.2) is 23.1 Å². The molecule has 102 valence electrons. The lowest BCUT2D eigenvalue weighted by atomic mass is 10.2. The van der Waals surface area contributed by atoms with Crippen molar-refractivity contribution >= 4 is 10.0 Å². The molecule has 1 N–H and O–H groups in total. The van der Waals surface area contributed by atoms with Crippen LogP contribution in [0.4, 0.5) is 4.39 Å². The van der Waals surface area contributed by atoms with Gasteiger partial charge in [-0.3, -0.25) is 0 Å². The molecule has 0 unspecified atom stereocenters. The van der Waals surface area contributed by atoms with Crippen molar-refractivity contribution in [2.45, 2.75) is 37.6 Å². The van der Waals surface area contributed by atoms with E-state index < -0.39 is 15.8 Å². The van der Waals surface area contributed by atoms with E-state index in [-0.39, 0.29) is 16.7 Å². The number of nitrogens with one attached hydrogen (secondary N) is 1. The van der Waals surface area contributed by atoms with Crippen molar-refractivity contribution in [2.24, 2.45) is 0 Å². The molecule has 0 spiro atoms. The molecule has 1 atom stereocenters. The van der Waals surface area contributed by atoms with Crippen LogP contribution in [0.5, 0.6) is 5.75 Å². The van der Waals surface area contributed by atoms with Gasteiger partial charge in [-0.25, -0.2) is 17.5 Å². The largest absolute Gasteiger partial charge is 0.494 e. The Morgan fingerprint density at radius 2 is 2.11 bits per heavy atom. The van der Waals surface area contributed by atoms with E-state index in [1.54, 1.807) is 6.92 Å². The van der Waals surface area contributed by atoms with Crippen LogP contribution >= 0.6 is 0 Å². The van der Waals surface area contributed by atoms with Crippen LogP contribution in [-0.4, -0.2) is 21.6 Å². The first-order valence-corrected chi connectivity index (χ1v) is 7.25. The summed E-state index contributed by atoms with van der Waals surface area (Å²) < 4.78 is 44.6. The van der Waals surface area contributed by atoms with Gasteiger partial charge in [0.1, 0.15) is 0 Å². The molecule has 0 amide bonds. The highest BCUT2D eigenvalue weighted by atomic mass is 32.2. The number of hydrogen-bond donors (Lipinski definition) is 1. The monoisotopic (exact) mass is 275 g/mol. The van der Waals surface area contributed by atoms with Gasteiger partial charge in [-0.15, -0.1) is 0 Å². The molecular weight excluding hydrogens is 257 g/mol. The molecule has 18 heavy (non-hydrogen) atoms. The lowest BCUT2D eigenvalue weighted by molar-refractivity contribution is 0.385. The fraction of sp³-hybridized carbons (Fsp3) is 0.500. The first-order chi connectivity index (χ1) is 8.40. The molecule has 0 aliphatic heterocycles. The highest BCUT2D eigenvalue weighted by molar-refractivity contribution is 7.89. The summed E-state index contributed by atoms with van der Waals surface area (Å²) in [5.74, 6) is -0.668. The van der Waals surface area contributed by atoms with Gasteiger partial charge in [0.2, 0.25) is 10.0 Å². The summed E-state index contributed by atoms with van der Waals surface area (Å²) in [6.45, 7) is 3.75. The Morgan fingerprint density at radius 1 is 1.44 bits per heavy atom. The van der Waals surface area contributed by atoms with Crippen molar-refractivity contribution < 1.29 is 17.5 Å². The number of sulfonamides is 1. The number of methoxy groups -OCH3 is 1. The van der Waals surface area contributed by atoms with E-state index in [0.717, 1.165) is 18.9 Å². The van der Waals surface area contributed by atoms with Crippen LogP contribution in [0.2, 0.25) is 0 Å². The zero-order valence-corrected chi connectivity index (χ0v) is 11.6. The van der Waals surface area contributed by atoms with E-state index in [2.05, 4.69) is 4.72 Å². The van der Waals surface area contributed by atoms with E-state index in [0.29, 0.717) is 0 Å². The highest BCUT2D eigenvalue weighted by Gasteiger charge is 2.18. The van der Waals surface area contributed by atoms with Crippen molar-refractivity contribution in [3.63, 3.8) is 0 Å². The first-order valence-electron chi connectivity index (χ1n) is 5.76. The van der Waals surface area contributed by atoms with Gasteiger partial charge in [-0.2, -0.15) is 0 Å². The summed E-state index contributed by atoms with van der Waals surface area (Å²) in [7, 11) is -2.35. The van der Waals surface area contributed by atoms with Crippen molar-refractivity contribution in [3.8, 4) is 5.75 Å². The molecule has 0 bridgehead atoms. The molecule has 0 saturated carbocycles. The van der Waals surface area contributed by atoms with Gasteiger partial charge in [0.05, 0.1) is 12.0 Å². The smallest absolute Gasteiger partial charge is 0.240 e. The van der Waals surface area contributed by atoms with E-state index in [9.17, 15) is 12.8 Å². The third-order valence-electron chi connectivity index (χ3n) is 2.51. The Bertz CT molecular complexity index is 502. The number of benzene rings is 1. The Morgan fingerprint density at radius 3 is 2.61 bits per heavy atom. The number of halogens is 1. The zero-order valence-electron chi connectivity index (χ0n) is 10.7. The lowest BCUT2D eigenvalue weighted by Gasteiger charge is -2.13. The standard InChI is InChI=1S/C12H18FNO3S/c1-4-5-9(2)14-18(15,16)10-6-7-12(17-3)11(13)8-10/h6-9,14H,4-5H2,1-3H3/t9-/m1/s1. The SMILES string of the molecule is CCC[C@@H](C)NS(=O)(=O)c1ccc(OC)c(F)c1. The van der Waals surface area contributed by atoms with Crippen LogP contribution in [0.3, 0.4) is 0 Å². The second-order valence-corrected chi connectivity index (χ2v) is 5.82. The molecule has 0 radical (unpaired) electrons. The summed E-state index contributed by atoms with van der Waals surface area (Å²) in [6.07, 6.45) is 1.61. The molecule has 1 aromatic rings. The molecule has 0 aliphatic carbocycles. The topological polar surface area (TPSA) is 55.4 Å². The maximum atomic E-state index is 13.4. The van der Waals surface area contributed by atoms with E-state index in [4.69, 9.17) is 4.74 Å². The van der Waals surface area contributed by atoms with Crippen LogP contribution in [0.1, 0.15) is 26.7 Å². The second-order valence-electron chi connectivity index (χ2n) is 4.11. The van der Waals surface area contributed by atoms with E-state index in [1.807, 2.05) is 6.92 Å². The summed E-state index contributed by atoms with van der Waals surface area (Å²) >= 11 is 0. The fourth-order valence-electron chi connectivity index (χ4n) is 1.64. The average molecular weight is 275 g/mol.